The molecule has 1 amide bonds. The molecule has 1 aliphatic rings. The van der Waals surface area contributed by atoms with Crippen LogP contribution in [-0.2, 0) is 19.6 Å². The van der Waals surface area contributed by atoms with Crippen molar-refractivity contribution in [1.82, 2.24) is 5.32 Å². The van der Waals surface area contributed by atoms with Crippen molar-refractivity contribution in [3.8, 4) is 5.75 Å². The molecule has 1 saturated heterocycles. The van der Waals surface area contributed by atoms with Crippen molar-refractivity contribution in [1.29, 1.82) is 0 Å². The number of ether oxygens (including phenoxy) is 2. The Bertz CT molecular complexity index is 957. The predicted octanol–water partition coefficient (Wildman–Crippen LogP) is 3.12. The second-order valence-corrected chi connectivity index (χ2v) is 8.88. The summed E-state index contributed by atoms with van der Waals surface area (Å²) in [6, 6.07) is 11.1. The number of halogens is 1. The van der Waals surface area contributed by atoms with Gasteiger partial charge in [-0.25, -0.2) is 8.42 Å². The molecule has 0 aromatic heterocycles. The normalized spacial score (nSPS) is 16.4. The average Bonchev–Trinajstić information content (AvgIpc) is 3.20. The number of hydrogen-bond acceptors (Lipinski definition) is 5. The highest BCUT2D eigenvalue weighted by atomic mass is 35.5. The van der Waals surface area contributed by atoms with Crippen molar-refractivity contribution >= 4 is 33.2 Å². The molecule has 1 fully saturated rings. The molecule has 0 radical (unpaired) electrons. The van der Waals surface area contributed by atoms with Gasteiger partial charge < -0.3 is 14.8 Å². The summed E-state index contributed by atoms with van der Waals surface area (Å²) in [5.74, 6) is -0.0671. The monoisotopic (exact) mass is 438 g/mol. The van der Waals surface area contributed by atoms with E-state index in [1.807, 2.05) is 19.1 Å². The van der Waals surface area contributed by atoms with Gasteiger partial charge in [-0.3, -0.25) is 9.52 Å². The Morgan fingerprint density at radius 2 is 2.00 bits per heavy atom. The fraction of sp³-hybridized carbons (Fsp3) is 0.350. The average molecular weight is 439 g/mol. The molecular formula is C20H23ClN2O5S. The molecule has 0 aliphatic carbocycles. The Balaban J connectivity index is 1.57. The lowest BCUT2D eigenvalue weighted by molar-refractivity contribution is -0.123. The number of rotatable bonds is 8. The van der Waals surface area contributed by atoms with Crippen molar-refractivity contribution < 1.29 is 22.7 Å². The summed E-state index contributed by atoms with van der Waals surface area (Å²) in [4.78, 5) is 11.9. The van der Waals surface area contributed by atoms with Gasteiger partial charge in [-0.15, -0.1) is 0 Å². The summed E-state index contributed by atoms with van der Waals surface area (Å²) in [5, 5.41) is 2.84. The zero-order valence-electron chi connectivity index (χ0n) is 16.0. The quantitative estimate of drug-likeness (QED) is 0.660. The Hall–Kier alpha value is -2.29. The summed E-state index contributed by atoms with van der Waals surface area (Å²) in [6.07, 6.45) is 1.98. The number of benzene rings is 2. The van der Waals surface area contributed by atoms with Crippen LogP contribution >= 0.6 is 11.6 Å². The molecule has 2 N–H and O–H groups in total. The maximum Gasteiger partial charge on any atom is 0.261 e. The van der Waals surface area contributed by atoms with Crippen molar-refractivity contribution in [2.75, 3.05) is 24.5 Å². The highest BCUT2D eigenvalue weighted by molar-refractivity contribution is 7.92. The third kappa shape index (κ3) is 6.09. The predicted molar refractivity (Wildman–Crippen MR) is 111 cm³/mol. The van der Waals surface area contributed by atoms with E-state index in [1.54, 1.807) is 12.1 Å². The van der Waals surface area contributed by atoms with Crippen LogP contribution in [0.3, 0.4) is 0 Å². The molecule has 1 atom stereocenters. The summed E-state index contributed by atoms with van der Waals surface area (Å²) in [5.41, 5.74) is 1.48. The number of anilines is 1. The number of carbonyl (C=O) groups excluding carboxylic acids is 1. The first-order valence-electron chi connectivity index (χ1n) is 9.23. The van der Waals surface area contributed by atoms with Gasteiger partial charge in [0.1, 0.15) is 5.75 Å². The van der Waals surface area contributed by atoms with Crippen LogP contribution in [0.4, 0.5) is 5.69 Å². The lowest BCUT2D eigenvalue weighted by Gasteiger charge is -2.13. The zero-order chi connectivity index (χ0) is 20.9. The largest absolute Gasteiger partial charge is 0.482 e. The van der Waals surface area contributed by atoms with Crippen molar-refractivity contribution in [2.24, 2.45) is 0 Å². The Kier molecular flexibility index (Phi) is 7.00. The minimum Gasteiger partial charge on any atom is -0.482 e. The van der Waals surface area contributed by atoms with Crippen LogP contribution in [0.25, 0.3) is 0 Å². The molecule has 9 heteroatoms. The maximum absolute atomic E-state index is 12.5. The number of hydrogen-bond donors (Lipinski definition) is 2. The Morgan fingerprint density at radius 3 is 2.66 bits per heavy atom. The third-order valence-electron chi connectivity index (χ3n) is 4.43. The molecule has 3 rings (SSSR count). The Labute approximate surface area is 175 Å². The fourth-order valence-corrected chi connectivity index (χ4v) is 4.21. The van der Waals surface area contributed by atoms with E-state index >= 15 is 0 Å². The summed E-state index contributed by atoms with van der Waals surface area (Å²) in [6.45, 7) is 2.86. The van der Waals surface area contributed by atoms with E-state index in [4.69, 9.17) is 21.1 Å². The summed E-state index contributed by atoms with van der Waals surface area (Å²) >= 11 is 6.15. The van der Waals surface area contributed by atoms with Gasteiger partial charge in [-0.1, -0.05) is 29.3 Å². The van der Waals surface area contributed by atoms with Crippen LogP contribution < -0.4 is 14.8 Å². The second kappa shape index (κ2) is 9.47. The molecule has 7 nitrogen and oxygen atoms in total. The van der Waals surface area contributed by atoms with Crippen LogP contribution in [0.1, 0.15) is 18.4 Å². The van der Waals surface area contributed by atoms with E-state index in [0.29, 0.717) is 12.2 Å². The molecule has 2 aromatic rings. The molecule has 0 spiro atoms. The number of aryl methyl sites for hydroxylation is 1. The van der Waals surface area contributed by atoms with Crippen LogP contribution in [-0.4, -0.2) is 40.2 Å². The van der Waals surface area contributed by atoms with Crippen molar-refractivity contribution in [2.45, 2.75) is 30.8 Å². The zero-order valence-corrected chi connectivity index (χ0v) is 17.6. The lowest BCUT2D eigenvalue weighted by Crippen LogP contribution is -2.35. The van der Waals surface area contributed by atoms with E-state index in [0.717, 1.165) is 25.0 Å². The van der Waals surface area contributed by atoms with E-state index in [1.165, 1.54) is 18.2 Å². The van der Waals surface area contributed by atoms with Crippen molar-refractivity contribution in [3.05, 3.63) is 53.1 Å². The van der Waals surface area contributed by atoms with Gasteiger partial charge in [0.05, 0.1) is 16.0 Å². The van der Waals surface area contributed by atoms with Crippen LogP contribution in [0.15, 0.2) is 47.4 Å². The van der Waals surface area contributed by atoms with Gasteiger partial charge in [0, 0.05) is 18.8 Å². The lowest BCUT2D eigenvalue weighted by atomic mass is 10.2. The van der Waals surface area contributed by atoms with Gasteiger partial charge in [-0.2, -0.15) is 0 Å². The number of amides is 1. The topological polar surface area (TPSA) is 93.7 Å². The highest BCUT2D eigenvalue weighted by Gasteiger charge is 2.18. The molecule has 1 heterocycles. The number of carbonyl (C=O) groups is 1. The molecule has 2 aromatic carbocycles. The van der Waals surface area contributed by atoms with E-state index < -0.39 is 10.0 Å². The minimum atomic E-state index is -3.80. The summed E-state index contributed by atoms with van der Waals surface area (Å²) in [7, 11) is -3.80. The third-order valence-corrected chi connectivity index (χ3v) is 6.10. The minimum absolute atomic E-state index is 0.00161. The maximum atomic E-state index is 12.5. The standard InChI is InChI=1S/C20H23ClN2O5S/c1-14-4-6-15(7-5-14)23-29(25,26)17-8-9-19(18(21)11-17)28-13-20(24)22-12-16-3-2-10-27-16/h4-9,11,16,23H,2-3,10,12-13H2,1H3,(H,22,24)/t16-/m1/s1. The van der Waals surface area contributed by atoms with E-state index in [9.17, 15) is 13.2 Å². The SMILES string of the molecule is Cc1ccc(NS(=O)(=O)c2ccc(OCC(=O)NC[C@H]3CCCO3)c(Cl)c2)cc1. The van der Waals surface area contributed by atoms with Crippen LogP contribution in [0, 0.1) is 6.92 Å². The molecule has 1 aliphatic heterocycles. The highest BCUT2D eigenvalue weighted by Crippen LogP contribution is 2.28. The van der Waals surface area contributed by atoms with Gasteiger partial charge in [0.2, 0.25) is 0 Å². The molecular weight excluding hydrogens is 416 g/mol. The van der Waals surface area contributed by atoms with Gasteiger partial charge in [0.25, 0.3) is 15.9 Å². The van der Waals surface area contributed by atoms with Crippen LogP contribution in [0.2, 0.25) is 5.02 Å². The summed E-state index contributed by atoms with van der Waals surface area (Å²) < 4.78 is 38.4. The molecule has 156 valence electrons. The molecule has 0 bridgehead atoms. The van der Waals surface area contributed by atoms with Gasteiger partial charge in [0.15, 0.2) is 6.61 Å². The van der Waals surface area contributed by atoms with E-state index in [2.05, 4.69) is 10.0 Å². The van der Waals surface area contributed by atoms with Crippen molar-refractivity contribution in [3.63, 3.8) is 0 Å². The smallest absolute Gasteiger partial charge is 0.261 e. The fourth-order valence-electron chi connectivity index (χ4n) is 2.83. The van der Waals surface area contributed by atoms with Crippen LogP contribution in [0.5, 0.6) is 5.75 Å². The Morgan fingerprint density at radius 1 is 1.24 bits per heavy atom. The first kappa shape index (κ1) is 21.4. The number of nitrogens with one attached hydrogen (secondary N) is 2. The molecule has 0 saturated carbocycles. The molecule has 0 unspecified atom stereocenters. The number of sulfonamides is 1. The molecule has 29 heavy (non-hydrogen) atoms. The second-order valence-electron chi connectivity index (χ2n) is 6.79. The van der Waals surface area contributed by atoms with Gasteiger partial charge in [-0.05, 0) is 50.1 Å². The first-order valence-corrected chi connectivity index (χ1v) is 11.1. The first-order chi connectivity index (χ1) is 13.8. The van der Waals surface area contributed by atoms with E-state index in [-0.39, 0.29) is 34.3 Å². The van der Waals surface area contributed by atoms with Gasteiger partial charge >= 0.3 is 0 Å².